The molecule has 0 radical (unpaired) electrons. The molecule has 1 aromatic rings. The first kappa shape index (κ1) is 14.7. The minimum absolute atomic E-state index is 0. The van der Waals surface area contributed by atoms with Crippen LogP contribution in [-0.2, 0) is 10.1 Å². The van der Waals surface area contributed by atoms with Crippen LogP contribution in [0.15, 0.2) is 17.0 Å². The second-order valence-corrected chi connectivity index (χ2v) is 4.72. The zero-order valence-corrected chi connectivity index (χ0v) is 11.9. The molecule has 0 saturated carbocycles. The molecule has 3 nitrogen and oxygen atoms in total. The van der Waals surface area contributed by atoms with Crippen molar-refractivity contribution in [2.75, 3.05) is 0 Å². The number of benzene rings is 1. The smallest absolute Gasteiger partial charge is 1.00 e. The van der Waals surface area contributed by atoms with Crippen LogP contribution in [0.2, 0.25) is 10.0 Å². The minimum atomic E-state index is -4.25. The quantitative estimate of drug-likeness (QED) is 0.558. The maximum atomic E-state index is 10.8. The molecule has 1 N–H and O–H groups in total. The molecule has 0 bridgehead atoms. The molecule has 0 amide bonds. The van der Waals surface area contributed by atoms with E-state index in [4.69, 9.17) is 27.8 Å². The maximum absolute atomic E-state index is 10.8. The van der Waals surface area contributed by atoms with E-state index in [2.05, 4.69) is 0 Å². The van der Waals surface area contributed by atoms with E-state index in [0.29, 0.717) is 0 Å². The van der Waals surface area contributed by atoms with E-state index in [-0.39, 0.29) is 51.5 Å². The molecule has 0 atom stereocenters. The summed E-state index contributed by atoms with van der Waals surface area (Å²) in [4.78, 5) is -0.259. The minimum Gasteiger partial charge on any atom is -1.00 e. The third-order valence-electron chi connectivity index (χ3n) is 1.54. The fourth-order valence-corrected chi connectivity index (χ4v) is 2.28. The van der Waals surface area contributed by atoms with Crippen molar-refractivity contribution in [1.29, 1.82) is 0 Å². The van der Waals surface area contributed by atoms with Crippen molar-refractivity contribution in [3.8, 4) is 0 Å². The first-order valence-electron chi connectivity index (χ1n) is 3.25. The van der Waals surface area contributed by atoms with Crippen LogP contribution in [0.4, 0.5) is 0 Å². The van der Waals surface area contributed by atoms with E-state index < -0.39 is 10.1 Å². The Morgan fingerprint density at radius 3 is 2.29 bits per heavy atom. The van der Waals surface area contributed by atoms with E-state index in [9.17, 15) is 8.42 Å². The molecular weight excluding hydrogens is 258 g/mol. The Balaban J connectivity index is 0. The van der Waals surface area contributed by atoms with Crippen LogP contribution >= 0.6 is 23.2 Å². The Labute approximate surface area is 116 Å². The molecule has 1 rings (SSSR count). The van der Waals surface area contributed by atoms with Gasteiger partial charge in [-0.25, -0.2) is 0 Å². The summed E-state index contributed by atoms with van der Waals surface area (Å²) in [5.41, 5.74) is 0.286. The fourth-order valence-electron chi connectivity index (χ4n) is 0.890. The summed E-state index contributed by atoms with van der Waals surface area (Å²) in [7, 11) is -4.25. The maximum Gasteiger partial charge on any atom is 1.00 e. The van der Waals surface area contributed by atoms with Gasteiger partial charge in [0.15, 0.2) is 0 Å². The van der Waals surface area contributed by atoms with Gasteiger partial charge in [0.2, 0.25) is 0 Å². The Hall–Kier alpha value is 0.710. The van der Waals surface area contributed by atoms with Crippen LogP contribution in [0.1, 0.15) is 6.99 Å². The number of halogens is 2. The largest absolute Gasteiger partial charge is 1.00 e. The van der Waals surface area contributed by atoms with Crippen LogP contribution in [-0.4, -0.2) is 13.0 Å². The first-order valence-corrected chi connectivity index (χ1v) is 5.45. The van der Waals surface area contributed by atoms with Gasteiger partial charge in [0.25, 0.3) is 10.1 Å². The predicted octanol–water partition coefficient (Wildman–Crippen LogP) is -0.335. The topological polar surface area (TPSA) is 54.4 Å². The number of rotatable bonds is 1. The average Bonchev–Trinajstić information content (AvgIpc) is 1.94. The van der Waals surface area contributed by atoms with Crippen molar-refractivity contribution in [1.82, 2.24) is 0 Å². The van der Waals surface area contributed by atoms with Crippen molar-refractivity contribution in [3.05, 3.63) is 27.7 Å². The Morgan fingerprint density at radius 2 is 1.86 bits per heavy atom. The first-order chi connectivity index (χ1) is 5.82. The van der Waals surface area contributed by atoms with Crippen LogP contribution < -0.4 is 29.6 Å². The van der Waals surface area contributed by atoms with Gasteiger partial charge >= 0.3 is 29.6 Å². The summed E-state index contributed by atoms with van der Waals surface area (Å²) in [6.45, 7) is 1.49. The van der Waals surface area contributed by atoms with Gasteiger partial charge < -0.3 is 1.43 Å². The third-order valence-corrected chi connectivity index (χ3v) is 3.13. The molecule has 14 heavy (non-hydrogen) atoms. The van der Waals surface area contributed by atoms with Crippen molar-refractivity contribution in [3.63, 3.8) is 0 Å². The standard InChI is InChI=1S/C7H6Cl2O3S.Na.H/c1-4-6(9)2-5(8)3-7(4)13(10,11)12;;/h2-3H,1H3,(H,10,11,12);;/q;+1;-1. The monoisotopic (exact) mass is 264 g/mol. The van der Waals surface area contributed by atoms with Crippen molar-refractivity contribution >= 4 is 33.3 Å². The second-order valence-electron chi connectivity index (χ2n) is 2.49. The van der Waals surface area contributed by atoms with E-state index in [1.165, 1.54) is 13.0 Å². The van der Waals surface area contributed by atoms with Crippen LogP contribution in [0, 0.1) is 6.92 Å². The van der Waals surface area contributed by atoms with Crippen molar-refractivity contribution in [2.45, 2.75) is 11.8 Å². The molecule has 1 aromatic carbocycles. The zero-order valence-electron chi connectivity index (χ0n) is 8.58. The number of hydrogen-bond donors (Lipinski definition) is 1. The summed E-state index contributed by atoms with van der Waals surface area (Å²) < 4.78 is 30.4. The zero-order chi connectivity index (χ0) is 10.2. The Bertz CT molecular complexity index is 450. The molecule has 0 unspecified atom stereocenters. The molecule has 0 heterocycles. The molecule has 0 saturated heterocycles. The summed E-state index contributed by atoms with van der Waals surface area (Å²) in [6.07, 6.45) is 0. The molecule has 0 spiro atoms. The van der Waals surface area contributed by atoms with E-state index >= 15 is 0 Å². The fraction of sp³-hybridized carbons (Fsp3) is 0.143. The molecule has 7 heteroatoms. The molecule has 0 aliphatic rings. The van der Waals surface area contributed by atoms with Gasteiger partial charge in [-0.1, -0.05) is 23.2 Å². The molecular formula is C7H7Cl2NaO3S. The van der Waals surface area contributed by atoms with Gasteiger partial charge in [-0.15, -0.1) is 0 Å². The SMILES string of the molecule is Cc1c(Cl)cc(Cl)cc1S(=O)(=O)O.[H-].[Na+]. The molecule has 0 aliphatic carbocycles. The summed E-state index contributed by atoms with van der Waals surface area (Å²) in [6, 6.07) is 2.56. The average molecular weight is 265 g/mol. The number of hydrogen-bond acceptors (Lipinski definition) is 2. The van der Waals surface area contributed by atoms with Gasteiger partial charge in [-0.05, 0) is 24.6 Å². The van der Waals surface area contributed by atoms with Gasteiger partial charge in [0, 0.05) is 10.0 Å². The van der Waals surface area contributed by atoms with Gasteiger partial charge in [0.05, 0.1) is 4.90 Å². The molecule has 0 aliphatic heterocycles. The van der Waals surface area contributed by atoms with E-state index in [0.717, 1.165) is 6.07 Å². The Kier molecular flexibility index (Phi) is 5.43. The normalized spacial score (nSPS) is 10.9. The van der Waals surface area contributed by atoms with Gasteiger partial charge in [-0.2, -0.15) is 8.42 Å². The van der Waals surface area contributed by atoms with Gasteiger partial charge in [0.1, 0.15) is 0 Å². The summed E-state index contributed by atoms with van der Waals surface area (Å²) in [5.74, 6) is 0. The summed E-state index contributed by atoms with van der Waals surface area (Å²) in [5, 5.41) is 0.378. The Morgan fingerprint density at radius 1 is 1.36 bits per heavy atom. The van der Waals surface area contributed by atoms with E-state index in [1.807, 2.05) is 0 Å². The third kappa shape index (κ3) is 3.38. The summed E-state index contributed by atoms with van der Waals surface area (Å²) >= 11 is 11.2. The van der Waals surface area contributed by atoms with Crippen LogP contribution in [0.25, 0.3) is 0 Å². The van der Waals surface area contributed by atoms with Gasteiger partial charge in [-0.3, -0.25) is 4.55 Å². The predicted molar refractivity (Wildman–Crippen MR) is 52.1 cm³/mol. The van der Waals surface area contributed by atoms with E-state index in [1.54, 1.807) is 0 Å². The second kappa shape index (κ2) is 5.16. The van der Waals surface area contributed by atoms with Crippen molar-refractivity contribution in [2.24, 2.45) is 0 Å². The van der Waals surface area contributed by atoms with Crippen molar-refractivity contribution < 1.29 is 44.0 Å². The molecule has 0 aromatic heterocycles. The molecule has 74 valence electrons. The molecule has 0 fully saturated rings. The van der Waals surface area contributed by atoms with Crippen LogP contribution in [0.3, 0.4) is 0 Å². The van der Waals surface area contributed by atoms with Crippen LogP contribution in [0.5, 0.6) is 0 Å².